The Labute approximate surface area is 197 Å². The van der Waals surface area contributed by atoms with E-state index in [2.05, 4.69) is 20.6 Å². The van der Waals surface area contributed by atoms with E-state index in [1.54, 1.807) is 25.1 Å². The van der Waals surface area contributed by atoms with Crippen molar-refractivity contribution in [2.45, 2.75) is 19.9 Å². The summed E-state index contributed by atoms with van der Waals surface area (Å²) < 4.78 is 20.8. The van der Waals surface area contributed by atoms with Crippen LogP contribution in [0.2, 0.25) is 0 Å². The number of nitrogens with one attached hydrogen (secondary N) is 2. The van der Waals surface area contributed by atoms with Crippen molar-refractivity contribution in [2.24, 2.45) is 0 Å². The Balaban J connectivity index is 1.32. The highest BCUT2D eigenvalue weighted by molar-refractivity contribution is 5.95. The van der Waals surface area contributed by atoms with E-state index < -0.39 is 5.82 Å². The van der Waals surface area contributed by atoms with Crippen LogP contribution in [-0.2, 0) is 16.1 Å². The number of rotatable bonds is 8. The van der Waals surface area contributed by atoms with E-state index in [-0.39, 0.29) is 24.0 Å². The van der Waals surface area contributed by atoms with Crippen LogP contribution in [0.1, 0.15) is 28.0 Å². The lowest BCUT2D eigenvalue weighted by Gasteiger charge is -2.26. The highest BCUT2D eigenvalue weighted by atomic mass is 19.1. The summed E-state index contributed by atoms with van der Waals surface area (Å²) >= 11 is 0. The van der Waals surface area contributed by atoms with Gasteiger partial charge in [0.05, 0.1) is 30.7 Å². The first-order valence-electron chi connectivity index (χ1n) is 11.3. The van der Waals surface area contributed by atoms with Gasteiger partial charge in [0.1, 0.15) is 11.5 Å². The van der Waals surface area contributed by atoms with Gasteiger partial charge in [-0.3, -0.25) is 14.5 Å². The van der Waals surface area contributed by atoms with Crippen molar-refractivity contribution < 1.29 is 18.7 Å². The zero-order chi connectivity index (χ0) is 23.9. The summed E-state index contributed by atoms with van der Waals surface area (Å²) in [6, 6.07) is 13.6. The maximum Gasteiger partial charge on any atom is 0.255 e. The molecule has 1 aliphatic heterocycles. The van der Waals surface area contributed by atoms with E-state index in [1.807, 2.05) is 24.3 Å². The minimum Gasteiger partial charge on any atom is -0.379 e. The molecule has 0 spiro atoms. The Bertz CT molecular complexity index is 1160. The lowest BCUT2D eigenvalue weighted by Crippen LogP contribution is -2.38. The topological polar surface area (TPSA) is 88.5 Å². The van der Waals surface area contributed by atoms with Gasteiger partial charge in [0, 0.05) is 38.3 Å². The quantitative estimate of drug-likeness (QED) is 0.534. The summed E-state index contributed by atoms with van der Waals surface area (Å²) in [5.74, 6) is -0.770. The Kier molecular flexibility index (Phi) is 7.66. The van der Waals surface area contributed by atoms with E-state index in [1.165, 1.54) is 16.9 Å². The fourth-order valence-electron chi connectivity index (χ4n) is 3.84. The summed E-state index contributed by atoms with van der Waals surface area (Å²) in [4.78, 5) is 27.3. The summed E-state index contributed by atoms with van der Waals surface area (Å²) in [7, 11) is 0. The number of carbonyl (C=O) groups excluding carboxylic acids is 2. The molecular weight excluding hydrogens is 437 g/mol. The Morgan fingerprint density at radius 1 is 1.12 bits per heavy atom. The normalized spacial score (nSPS) is 14.1. The predicted octanol–water partition coefficient (Wildman–Crippen LogP) is 2.91. The van der Waals surface area contributed by atoms with Crippen LogP contribution in [0.25, 0.3) is 5.69 Å². The highest BCUT2D eigenvalue weighted by Gasteiger charge is 2.17. The molecule has 1 aromatic heterocycles. The molecule has 1 aliphatic rings. The Hall–Kier alpha value is -3.56. The molecular formula is C25H28FN5O3. The van der Waals surface area contributed by atoms with Crippen LogP contribution < -0.4 is 10.6 Å². The number of nitrogens with zero attached hydrogens (tertiary/aromatic N) is 3. The molecule has 9 heteroatoms. The molecule has 34 heavy (non-hydrogen) atoms. The number of carbonyl (C=O) groups is 2. The van der Waals surface area contributed by atoms with Gasteiger partial charge in [-0.15, -0.1) is 0 Å². The smallest absolute Gasteiger partial charge is 0.255 e. The first-order chi connectivity index (χ1) is 16.5. The van der Waals surface area contributed by atoms with E-state index in [4.69, 9.17) is 4.74 Å². The van der Waals surface area contributed by atoms with Crippen molar-refractivity contribution in [1.29, 1.82) is 0 Å². The maximum absolute atomic E-state index is 14.1. The number of halogens is 1. The molecule has 0 radical (unpaired) electrons. The van der Waals surface area contributed by atoms with Gasteiger partial charge in [-0.1, -0.05) is 24.3 Å². The van der Waals surface area contributed by atoms with Gasteiger partial charge in [-0.2, -0.15) is 5.10 Å². The minimum atomic E-state index is -0.413. The lowest BCUT2D eigenvalue weighted by atomic mass is 10.2. The number of hydrogen-bond acceptors (Lipinski definition) is 5. The Morgan fingerprint density at radius 3 is 2.71 bits per heavy atom. The second-order valence-electron chi connectivity index (χ2n) is 8.14. The molecule has 1 fully saturated rings. The predicted molar refractivity (Wildman–Crippen MR) is 126 cm³/mol. The zero-order valence-corrected chi connectivity index (χ0v) is 19.1. The minimum absolute atomic E-state index is 0.0520. The van der Waals surface area contributed by atoms with Crippen molar-refractivity contribution in [2.75, 3.05) is 38.2 Å². The third-order valence-electron chi connectivity index (χ3n) is 5.76. The van der Waals surface area contributed by atoms with Gasteiger partial charge in [-0.05, 0) is 36.8 Å². The van der Waals surface area contributed by atoms with Crippen molar-refractivity contribution in [3.63, 3.8) is 0 Å². The first-order valence-corrected chi connectivity index (χ1v) is 11.3. The van der Waals surface area contributed by atoms with Crippen LogP contribution in [0, 0.1) is 12.7 Å². The fraction of sp³-hybridized carbons (Fsp3) is 0.320. The molecule has 178 valence electrons. The zero-order valence-electron chi connectivity index (χ0n) is 19.1. The van der Waals surface area contributed by atoms with Crippen molar-refractivity contribution in [1.82, 2.24) is 20.0 Å². The fourth-order valence-corrected chi connectivity index (χ4v) is 3.84. The number of ether oxygens (including phenoxy) is 1. The standard InChI is InChI=1S/C25H28FN5O3/c1-18-21(17-28-31(18)23-8-3-2-7-22(23)26)25(33)27-16-19-5-4-6-20(15-19)29-24(32)9-10-30-11-13-34-14-12-30/h2-8,15,17H,9-14,16H2,1H3,(H,27,33)(H,29,32). The molecule has 1 saturated heterocycles. The number of aromatic nitrogens is 2. The molecule has 2 aromatic carbocycles. The molecule has 3 aromatic rings. The second-order valence-corrected chi connectivity index (χ2v) is 8.14. The molecule has 2 N–H and O–H groups in total. The van der Waals surface area contributed by atoms with E-state index in [0.29, 0.717) is 43.1 Å². The second kappa shape index (κ2) is 11.0. The first kappa shape index (κ1) is 23.6. The summed E-state index contributed by atoms with van der Waals surface area (Å²) in [5.41, 5.74) is 2.73. The van der Waals surface area contributed by atoms with E-state index in [0.717, 1.165) is 18.7 Å². The van der Waals surface area contributed by atoms with Crippen molar-refractivity contribution >= 4 is 17.5 Å². The number of amides is 2. The van der Waals surface area contributed by atoms with Crippen LogP contribution in [0.4, 0.5) is 10.1 Å². The van der Waals surface area contributed by atoms with Gasteiger partial charge in [0.2, 0.25) is 5.91 Å². The molecule has 4 rings (SSSR count). The number of para-hydroxylation sites is 1. The number of anilines is 1. The number of morpholine rings is 1. The summed E-state index contributed by atoms with van der Waals surface area (Å²) in [6.07, 6.45) is 1.84. The number of hydrogen-bond donors (Lipinski definition) is 2. The molecule has 0 atom stereocenters. The molecule has 0 aliphatic carbocycles. The molecule has 0 bridgehead atoms. The summed E-state index contributed by atoms with van der Waals surface area (Å²) in [5, 5.41) is 9.96. The summed E-state index contributed by atoms with van der Waals surface area (Å²) in [6.45, 7) is 5.81. The van der Waals surface area contributed by atoms with Crippen LogP contribution in [0.5, 0.6) is 0 Å². The average Bonchev–Trinajstić information content (AvgIpc) is 3.23. The molecule has 2 amide bonds. The largest absolute Gasteiger partial charge is 0.379 e. The van der Waals surface area contributed by atoms with Crippen molar-refractivity contribution in [3.05, 3.63) is 77.4 Å². The SMILES string of the molecule is Cc1c(C(=O)NCc2cccc(NC(=O)CCN3CCOCC3)c2)cnn1-c1ccccc1F. The third kappa shape index (κ3) is 5.86. The molecule has 0 unspecified atom stereocenters. The van der Waals surface area contributed by atoms with Crippen LogP contribution in [-0.4, -0.2) is 59.3 Å². The molecule has 0 saturated carbocycles. The van der Waals surface area contributed by atoms with Crippen molar-refractivity contribution in [3.8, 4) is 5.69 Å². The van der Waals surface area contributed by atoms with Gasteiger partial charge < -0.3 is 15.4 Å². The van der Waals surface area contributed by atoms with Gasteiger partial charge in [0.15, 0.2) is 0 Å². The molecule has 2 heterocycles. The van der Waals surface area contributed by atoms with E-state index >= 15 is 0 Å². The molecule has 8 nitrogen and oxygen atoms in total. The highest BCUT2D eigenvalue weighted by Crippen LogP contribution is 2.17. The monoisotopic (exact) mass is 465 g/mol. The van der Waals surface area contributed by atoms with Crippen LogP contribution in [0.15, 0.2) is 54.7 Å². The number of benzene rings is 2. The van der Waals surface area contributed by atoms with Gasteiger partial charge in [0.25, 0.3) is 5.91 Å². The average molecular weight is 466 g/mol. The Morgan fingerprint density at radius 2 is 1.91 bits per heavy atom. The van der Waals surface area contributed by atoms with Crippen LogP contribution in [0.3, 0.4) is 0 Å². The maximum atomic E-state index is 14.1. The van der Waals surface area contributed by atoms with Gasteiger partial charge in [-0.25, -0.2) is 9.07 Å². The van der Waals surface area contributed by atoms with E-state index in [9.17, 15) is 14.0 Å². The van der Waals surface area contributed by atoms with Crippen LogP contribution >= 0.6 is 0 Å². The lowest BCUT2D eigenvalue weighted by molar-refractivity contribution is -0.116. The van der Waals surface area contributed by atoms with Gasteiger partial charge >= 0.3 is 0 Å². The third-order valence-corrected chi connectivity index (χ3v) is 5.76.